The number of unbranched alkanes of at least 4 members (excludes halogenated alkanes) is 9. The highest BCUT2D eigenvalue weighted by Gasteiger charge is 2.33. The SMILES string of the molecule is CC1(C)Cc2[nH]c(=O)ccc2[C@@H](NCCCCCCCCCCCCN[C@H]2CC(C)(C)Cc3[nH]c(=O)ccc32)C1. The van der Waals surface area contributed by atoms with Crippen LogP contribution in [0.5, 0.6) is 0 Å². The largest absolute Gasteiger partial charge is 0.326 e. The van der Waals surface area contributed by atoms with Gasteiger partial charge in [0.05, 0.1) is 0 Å². The van der Waals surface area contributed by atoms with Crippen LogP contribution in [0.15, 0.2) is 33.9 Å². The molecule has 0 saturated heterocycles. The van der Waals surface area contributed by atoms with Crippen molar-refractivity contribution in [2.75, 3.05) is 13.1 Å². The first kappa shape index (κ1) is 30.8. The van der Waals surface area contributed by atoms with Crippen LogP contribution in [-0.4, -0.2) is 23.1 Å². The van der Waals surface area contributed by atoms with Crippen LogP contribution < -0.4 is 21.8 Å². The molecule has 6 heteroatoms. The number of aromatic nitrogens is 2. The average molecular weight is 551 g/mol. The molecule has 2 aromatic rings. The summed E-state index contributed by atoms with van der Waals surface area (Å²) < 4.78 is 0. The molecule has 0 radical (unpaired) electrons. The van der Waals surface area contributed by atoms with Crippen molar-refractivity contribution in [1.82, 2.24) is 20.6 Å². The Morgan fingerprint density at radius 2 is 0.950 bits per heavy atom. The summed E-state index contributed by atoms with van der Waals surface area (Å²) in [6, 6.07) is 8.09. The van der Waals surface area contributed by atoms with E-state index in [9.17, 15) is 9.59 Å². The van der Waals surface area contributed by atoms with Gasteiger partial charge in [0.15, 0.2) is 0 Å². The van der Waals surface area contributed by atoms with Gasteiger partial charge in [-0.15, -0.1) is 0 Å². The molecule has 40 heavy (non-hydrogen) atoms. The molecular weight excluding hydrogens is 496 g/mol. The Bertz CT molecular complexity index is 1100. The van der Waals surface area contributed by atoms with E-state index in [2.05, 4.69) is 48.3 Å². The molecule has 0 bridgehead atoms. The molecule has 6 nitrogen and oxygen atoms in total. The highest BCUT2D eigenvalue weighted by Crippen LogP contribution is 2.40. The van der Waals surface area contributed by atoms with Crippen LogP contribution in [0.4, 0.5) is 0 Å². The summed E-state index contributed by atoms with van der Waals surface area (Å²) in [6.07, 6.45) is 17.2. The second-order valence-electron chi connectivity index (χ2n) is 14.2. The number of pyridine rings is 2. The van der Waals surface area contributed by atoms with Crippen LogP contribution in [0.25, 0.3) is 0 Å². The molecule has 0 saturated carbocycles. The van der Waals surface area contributed by atoms with Crippen molar-refractivity contribution in [2.24, 2.45) is 10.8 Å². The number of aromatic amines is 2. The number of hydrogen-bond donors (Lipinski definition) is 4. The highest BCUT2D eigenvalue weighted by molar-refractivity contribution is 5.29. The Morgan fingerprint density at radius 1 is 0.600 bits per heavy atom. The molecule has 2 aliphatic rings. The fourth-order valence-electron chi connectivity index (χ4n) is 7.01. The molecule has 0 amide bonds. The third-order valence-corrected chi connectivity index (χ3v) is 9.03. The van der Waals surface area contributed by atoms with E-state index >= 15 is 0 Å². The number of hydrogen-bond acceptors (Lipinski definition) is 4. The fraction of sp³-hybridized carbons (Fsp3) is 0.706. The topological polar surface area (TPSA) is 89.8 Å². The van der Waals surface area contributed by atoms with Crippen molar-refractivity contribution in [3.05, 3.63) is 67.5 Å². The third kappa shape index (κ3) is 9.17. The van der Waals surface area contributed by atoms with Gasteiger partial charge in [0.2, 0.25) is 11.1 Å². The molecule has 0 spiro atoms. The Morgan fingerprint density at radius 3 is 1.32 bits per heavy atom. The molecule has 2 aromatic heterocycles. The van der Waals surface area contributed by atoms with Crippen molar-refractivity contribution in [1.29, 1.82) is 0 Å². The van der Waals surface area contributed by atoms with E-state index in [0.29, 0.717) is 12.1 Å². The van der Waals surface area contributed by atoms with Crippen LogP contribution in [0.3, 0.4) is 0 Å². The minimum Gasteiger partial charge on any atom is -0.326 e. The number of fused-ring (bicyclic) bond motifs is 2. The van der Waals surface area contributed by atoms with Gasteiger partial charge in [-0.3, -0.25) is 9.59 Å². The summed E-state index contributed by atoms with van der Waals surface area (Å²) in [5.41, 5.74) is 5.27. The van der Waals surface area contributed by atoms with Gasteiger partial charge >= 0.3 is 0 Å². The Labute approximate surface area is 241 Å². The monoisotopic (exact) mass is 550 g/mol. The Kier molecular flexibility index (Phi) is 10.9. The molecule has 0 unspecified atom stereocenters. The first-order valence-electron chi connectivity index (χ1n) is 16.0. The maximum atomic E-state index is 11.8. The molecule has 4 N–H and O–H groups in total. The van der Waals surface area contributed by atoms with E-state index in [0.717, 1.165) is 50.2 Å². The van der Waals surface area contributed by atoms with Crippen LogP contribution in [0.2, 0.25) is 0 Å². The predicted molar refractivity (Wildman–Crippen MR) is 166 cm³/mol. The summed E-state index contributed by atoms with van der Waals surface area (Å²) >= 11 is 0. The second kappa shape index (κ2) is 14.1. The van der Waals surface area contributed by atoms with Gasteiger partial charge < -0.3 is 20.6 Å². The molecule has 0 aliphatic heterocycles. The van der Waals surface area contributed by atoms with Gasteiger partial charge in [-0.05, 0) is 73.6 Å². The Hall–Kier alpha value is -2.18. The summed E-state index contributed by atoms with van der Waals surface area (Å²) in [7, 11) is 0. The van der Waals surface area contributed by atoms with E-state index in [-0.39, 0.29) is 21.9 Å². The standard InChI is InChI=1S/C34H54N4O2/c1-33(2)21-27(25-15-17-31(39)37-29(25)23-33)35-19-13-11-9-7-5-6-8-10-12-14-20-36-28-22-34(3,4)24-30-26(28)16-18-32(40)38-30/h15-18,27-28,35-36H,5-14,19-24H2,1-4H3,(H,37,39)(H,38,40)/t27-,28-/m0/s1. The Balaban J connectivity index is 1.00. The van der Waals surface area contributed by atoms with Crippen molar-refractivity contribution < 1.29 is 0 Å². The van der Waals surface area contributed by atoms with E-state index in [1.54, 1.807) is 12.1 Å². The zero-order valence-electron chi connectivity index (χ0n) is 25.6. The maximum absolute atomic E-state index is 11.8. The van der Waals surface area contributed by atoms with E-state index in [4.69, 9.17) is 0 Å². The van der Waals surface area contributed by atoms with Gasteiger partial charge in [0, 0.05) is 35.6 Å². The molecule has 2 heterocycles. The van der Waals surface area contributed by atoms with Gasteiger partial charge in [-0.1, -0.05) is 91.2 Å². The lowest BCUT2D eigenvalue weighted by molar-refractivity contribution is 0.253. The van der Waals surface area contributed by atoms with Gasteiger partial charge in [-0.25, -0.2) is 0 Å². The summed E-state index contributed by atoms with van der Waals surface area (Å²) in [5, 5.41) is 7.56. The molecule has 0 fully saturated rings. The number of rotatable bonds is 15. The lowest BCUT2D eigenvalue weighted by Crippen LogP contribution is -2.35. The molecule has 2 aliphatic carbocycles. The minimum absolute atomic E-state index is 0.0120. The summed E-state index contributed by atoms with van der Waals surface area (Å²) in [5.74, 6) is 0. The van der Waals surface area contributed by atoms with E-state index < -0.39 is 0 Å². The van der Waals surface area contributed by atoms with Crippen molar-refractivity contribution in [2.45, 2.75) is 130 Å². The molecule has 4 rings (SSSR count). The number of nitrogens with one attached hydrogen (secondary N) is 4. The normalized spacial score (nSPS) is 21.1. The predicted octanol–water partition coefficient (Wildman–Crippen LogP) is 6.87. The first-order valence-corrected chi connectivity index (χ1v) is 16.0. The van der Waals surface area contributed by atoms with Gasteiger partial charge in [-0.2, -0.15) is 0 Å². The fourth-order valence-corrected chi connectivity index (χ4v) is 7.01. The van der Waals surface area contributed by atoms with Crippen LogP contribution in [-0.2, 0) is 12.8 Å². The van der Waals surface area contributed by atoms with Gasteiger partial charge in [0.1, 0.15) is 0 Å². The average Bonchev–Trinajstić information content (AvgIpc) is 2.86. The van der Waals surface area contributed by atoms with Crippen molar-refractivity contribution >= 4 is 0 Å². The quantitative estimate of drug-likeness (QED) is 0.182. The highest BCUT2D eigenvalue weighted by atomic mass is 16.1. The summed E-state index contributed by atoms with van der Waals surface area (Å²) in [4.78, 5) is 29.7. The van der Waals surface area contributed by atoms with Crippen LogP contribution >= 0.6 is 0 Å². The third-order valence-electron chi connectivity index (χ3n) is 9.03. The molecule has 222 valence electrons. The molecular formula is C34H54N4O2. The number of H-pyrrole nitrogens is 2. The van der Waals surface area contributed by atoms with Crippen LogP contribution in [0.1, 0.15) is 139 Å². The second-order valence-corrected chi connectivity index (χ2v) is 14.2. The first-order chi connectivity index (χ1) is 19.1. The van der Waals surface area contributed by atoms with E-state index in [1.807, 2.05) is 12.1 Å². The lowest BCUT2D eigenvalue weighted by Gasteiger charge is -2.37. The zero-order chi connectivity index (χ0) is 28.6. The minimum atomic E-state index is 0.0120. The van der Waals surface area contributed by atoms with Crippen molar-refractivity contribution in [3.8, 4) is 0 Å². The maximum Gasteiger partial charge on any atom is 0.248 e. The van der Waals surface area contributed by atoms with Gasteiger partial charge in [0.25, 0.3) is 0 Å². The zero-order valence-corrected chi connectivity index (χ0v) is 25.6. The smallest absolute Gasteiger partial charge is 0.248 e. The van der Waals surface area contributed by atoms with Crippen LogP contribution in [0, 0.1) is 10.8 Å². The molecule has 0 aromatic carbocycles. The van der Waals surface area contributed by atoms with Crippen molar-refractivity contribution in [3.63, 3.8) is 0 Å². The lowest BCUT2D eigenvalue weighted by atomic mass is 9.74. The summed E-state index contributed by atoms with van der Waals surface area (Å²) in [6.45, 7) is 11.3. The molecule has 2 atom stereocenters. The van der Waals surface area contributed by atoms with E-state index in [1.165, 1.54) is 75.3 Å².